The Bertz CT molecular complexity index is 235. The second-order valence-electron chi connectivity index (χ2n) is 4.59. The molecular weight excluding hydrogens is 204 g/mol. The summed E-state index contributed by atoms with van der Waals surface area (Å²) in [6.45, 7) is 5.20. The first kappa shape index (κ1) is 13.5. The smallest absolute Gasteiger partial charge is 0.242 e. The predicted octanol–water partition coefficient (Wildman–Crippen LogP) is 1.14. The Balaban J connectivity index is 2.65. The van der Waals surface area contributed by atoms with Crippen molar-refractivity contribution in [2.24, 2.45) is 5.73 Å². The minimum absolute atomic E-state index is 0.0945. The summed E-state index contributed by atoms with van der Waals surface area (Å²) in [6.07, 6.45) is 3.61. The average Bonchev–Trinajstić information content (AvgIpc) is 3.12. The van der Waals surface area contributed by atoms with E-state index in [1.165, 1.54) is 0 Å². The van der Waals surface area contributed by atoms with Crippen LogP contribution in [0.25, 0.3) is 0 Å². The van der Waals surface area contributed by atoms with Gasteiger partial charge in [-0.3, -0.25) is 4.79 Å². The summed E-state index contributed by atoms with van der Waals surface area (Å²) >= 11 is 0. The number of hydrogen-bond acceptors (Lipinski definition) is 3. The molecule has 94 valence electrons. The summed E-state index contributed by atoms with van der Waals surface area (Å²) in [7, 11) is 1.66. The van der Waals surface area contributed by atoms with E-state index in [1.54, 1.807) is 7.11 Å². The van der Waals surface area contributed by atoms with Gasteiger partial charge in [0.2, 0.25) is 5.91 Å². The van der Waals surface area contributed by atoms with E-state index in [2.05, 4.69) is 0 Å². The molecule has 0 aliphatic heterocycles. The van der Waals surface area contributed by atoms with Crippen LogP contribution >= 0.6 is 0 Å². The van der Waals surface area contributed by atoms with Crippen LogP contribution < -0.4 is 5.73 Å². The first-order valence-electron chi connectivity index (χ1n) is 6.18. The predicted molar refractivity (Wildman–Crippen MR) is 64.1 cm³/mol. The third-order valence-corrected chi connectivity index (χ3v) is 3.47. The third-order valence-electron chi connectivity index (χ3n) is 3.47. The number of ether oxygens (including phenoxy) is 1. The molecule has 1 aliphatic carbocycles. The van der Waals surface area contributed by atoms with Gasteiger partial charge in [-0.1, -0.05) is 13.8 Å². The molecule has 0 saturated heterocycles. The van der Waals surface area contributed by atoms with Gasteiger partial charge in [-0.05, 0) is 25.7 Å². The van der Waals surface area contributed by atoms with Gasteiger partial charge in [0.1, 0.15) is 0 Å². The van der Waals surface area contributed by atoms with E-state index in [0.29, 0.717) is 32.0 Å². The minimum Gasteiger partial charge on any atom is -0.383 e. The molecule has 0 aromatic heterocycles. The topological polar surface area (TPSA) is 55.6 Å². The lowest BCUT2D eigenvalue weighted by Crippen LogP contribution is -2.55. The molecule has 0 atom stereocenters. The van der Waals surface area contributed by atoms with Crippen LogP contribution in [0.2, 0.25) is 0 Å². The fraction of sp³-hybridized carbons (Fsp3) is 0.917. The Morgan fingerprint density at radius 3 is 2.38 bits per heavy atom. The number of rotatable bonds is 7. The standard InChI is InChI=1S/C12H24N2O2/c1-4-12(13,5-2)11(15)14(8-9-16-3)10-6-7-10/h10H,4-9,13H2,1-3H3. The van der Waals surface area contributed by atoms with Gasteiger partial charge in [0.05, 0.1) is 12.1 Å². The zero-order valence-corrected chi connectivity index (χ0v) is 10.7. The van der Waals surface area contributed by atoms with Crippen molar-refractivity contribution in [1.82, 2.24) is 4.90 Å². The van der Waals surface area contributed by atoms with Crippen LogP contribution in [0.15, 0.2) is 0 Å². The summed E-state index contributed by atoms with van der Waals surface area (Å²) in [4.78, 5) is 14.3. The van der Waals surface area contributed by atoms with Crippen LogP contribution in [-0.4, -0.2) is 42.6 Å². The number of nitrogens with two attached hydrogens (primary N) is 1. The van der Waals surface area contributed by atoms with Crippen molar-refractivity contribution in [3.8, 4) is 0 Å². The second kappa shape index (κ2) is 5.64. The molecule has 0 aromatic carbocycles. The molecule has 0 spiro atoms. The Morgan fingerprint density at radius 2 is 2.00 bits per heavy atom. The largest absolute Gasteiger partial charge is 0.383 e. The third kappa shape index (κ3) is 2.95. The molecular formula is C12H24N2O2. The van der Waals surface area contributed by atoms with Gasteiger partial charge in [-0.25, -0.2) is 0 Å². The van der Waals surface area contributed by atoms with E-state index < -0.39 is 5.54 Å². The highest BCUT2D eigenvalue weighted by atomic mass is 16.5. The summed E-state index contributed by atoms with van der Waals surface area (Å²) in [5, 5.41) is 0. The lowest BCUT2D eigenvalue weighted by molar-refractivity contribution is -0.138. The summed E-state index contributed by atoms with van der Waals surface area (Å²) in [6, 6.07) is 0.406. The molecule has 4 nitrogen and oxygen atoms in total. The Morgan fingerprint density at radius 1 is 1.44 bits per heavy atom. The Kier molecular flexibility index (Phi) is 4.74. The highest BCUT2D eigenvalue weighted by molar-refractivity contribution is 5.86. The fourth-order valence-corrected chi connectivity index (χ4v) is 1.86. The summed E-state index contributed by atoms with van der Waals surface area (Å²) < 4.78 is 5.05. The molecule has 1 rings (SSSR count). The number of methoxy groups -OCH3 is 1. The van der Waals surface area contributed by atoms with Crippen LogP contribution in [-0.2, 0) is 9.53 Å². The lowest BCUT2D eigenvalue weighted by atomic mass is 9.92. The van der Waals surface area contributed by atoms with Crippen molar-refractivity contribution >= 4 is 5.91 Å². The van der Waals surface area contributed by atoms with Crippen molar-refractivity contribution in [2.45, 2.75) is 51.1 Å². The van der Waals surface area contributed by atoms with Gasteiger partial charge in [-0.15, -0.1) is 0 Å². The number of carbonyl (C=O) groups is 1. The second-order valence-corrected chi connectivity index (χ2v) is 4.59. The van der Waals surface area contributed by atoms with Crippen LogP contribution in [0.1, 0.15) is 39.5 Å². The number of nitrogens with zero attached hydrogens (tertiary/aromatic N) is 1. The SMILES string of the molecule is CCC(N)(CC)C(=O)N(CCOC)C1CC1. The maximum absolute atomic E-state index is 12.4. The van der Waals surface area contributed by atoms with Crippen molar-refractivity contribution in [3.05, 3.63) is 0 Å². The molecule has 1 fully saturated rings. The van der Waals surface area contributed by atoms with E-state index in [0.717, 1.165) is 12.8 Å². The van der Waals surface area contributed by atoms with Gasteiger partial charge in [0, 0.05) is 19.7 Å². The summed E-state index contributed by atoms with van der Waals surface area (Å²) in [5.74, 6) is 0.0945. The average molecular weight is 228 g/mol. The highest BCUT2D eigenvalue weighted by Gasteiger charge is 2.40. The Labute approximate surface area is 98.1 Å². The number of amides is 1. The van der Waals surface area contributed by atoms with Gasteiger partial charge < -0.3 is 15.4 Å². The van der Waals surface area contributed by atoms with Gasteiger partial charge in [-0.2, -0.15) is 0 Å². The van der Waals surface area contributed by atoms with Crippen molar-refractivity contribution in [1.29, 1.82) is 0 Å². The highest BCUT2D eigenvalue weighted by Crippen LogP contribution is 2.29. The van der Waals surface area contributed by atoms with E-state index in [1.807, 2.05) is 18.7 Å². The molecule has 0 radical (unpaired) electrons. The first-order chi connectivity index (χ1) is 7.59. The van der Waals surface area contributed by atoms with Crippen LogP contribution in [0.5, 0.6) is 0 Å². The Hall–Kier alpha value is -0.610. The van der Waals surface area contributed by atoms with E-state index in [-0.39, 0.29) is 5.91 Å². The molecule has 0 unspecified atom stereocenters. The lowest BCUT2D eigenvalue weighted by Gasteiger charge is -2.33. The molecule has 0 aromatic rings. The maximum atomic E-state index is 12.4. The van der Waals surface area contributed by atoms with Crippen LogP contribution in [0, 0.1) is 0 Å². The van der Waals surface area contributed by atoms with E-state index in [9.17, 15) is 4.79 Å². The molecule has 1 aliphatic rings. The zero-order chi connectivity index (χ0) is 12.2. The van der Waals surface area contributed by atoms with Crippen LogP contribution in [0.4, 0.5) is 0 Å². The molecule has 1 saturated carbocycles. The quantitative estimate of drug-likeness (QED) is 0.711. The van der Waals surface area contributed by atoms with Gasteiger partial charge in [0.25, 0.3) is 0 Å². The summed E-state index contributed by atoms with van der Waals surface area (Å²) in [5.41, 5.74) is 5.46. The molecule has 0 bridgehead atoms. The first-order valence-corrected chi connectivity index (χ1v) is 6.18. The number of carbonyl (C=O) groups excluding carboxylic acids is 1. The van der Waals surface area contributed by atoms with Crippen molar-refractivity contribution in [3.63, 3.8) is 0 Å². The van der Waals surface area contributed by atoms with E-state index in [4.69, 9.17) is 10.5 Å². The molecule has 0 heterocycles. The fourth-order valence-electron chi connectivity index (χ4n) is 1.86. The molecule has 2 N–H and O–H groups in total. The minimum atomic E-state index is -0.684. The van der Waals surface area contributed by atoms with Gasteiger partial charge >= 0.3 is 0 Å². The normalized spacial score (nSPS) is 16.2. The number of hydrogen-bond donors (Lipinski definition) is 1. The molecule has 4 heteroatoms. The van der Waals surface area contributed by atoms with Crippen molar-refractivity contribution < 1.29 is 9.53 Å². The monoisotopic (exact) mass is 228 g/mol. The van der Waals surface area contributed by atoms with E-state index >= 15 is 0 Å². The van der Waals surface area contributed by atoms with Crippen LogP contribution in [0.3, 0.4) is 0 Å². The molecule has 1 amide bonds. The zero-order valence-electron chi connectivity index (χ0n) is 10.7. The van der Waals surface area contributed by atoms with Gasteiger partial charge in [0.15, 0.2) is 0 Å². The molecule has 16 heavy (non-hydrogen) atoms. The van der Waals surface area contributed by atoms with Crippen molar-refractivity contribution in [2.75, 3.05) is 20.3 Å². The maximum Gasteiger partial charge on any atom is 0.242 e.